The highest BCUT2D eigenvalue weighted by Gasteiger charge is 2.13. The van der Waals surface area contributed by atoms with Gasteiger partial charge in [-0.1, -0.05) is 48.5 Å². The van der Waals surface area contributed by atoms with E-state index in [0.717, 1.165) is 27.3 Å². The number of hydrogen-bond acceptors (Lipinski definition) is 2. The highest BCUT2D eigenvalue weighted by atomic mass is 32.1. The van der Waals surface area contributed by atoms with Crippen molar-refractivity contribution in [3.05, 3.63) is 76.0 Å². The summed E-state index contributed by atoms with van der Waals surface area (Å²) in [6, 6.07) is 19.9. The first kappa shape index (κ1) is 14.5. The topological polar surface area (TPSA) is 29.1 Å². The van der Waals surface area contributed by atoms with Crippen molar-refractivity contribution < 1.29 is 4.79 Å². The number of anilines is 1. The van der Waals surface area contributed by atoms with Crippen LogP contribution in [0.4, 0.5) is 5.69 Å². The number of thiophene rings is 1. The summed E-state index contributed by atoms with van der Waals surface area (Å²) in [5.41, 5.74) is 4.12. The second-order valence-electron chi connectivity index (χ2n) is 5.22. The molecule has 0 aliphatic heterocycles. The number of aryl methyl sites for hydroxylation is 2. The number of carbonyl (C=O) groups excluding carboxylic acids is 1. The smallest absolute Gasteiger partial charge is 0.265 e. The van der Waals surface area contributed by atoms with Gasteiger partial charge in [-0.25, -0.2) is 0 Å². The third kappa shape index (κ3) is 2.95. The molecule has 0 radical (unpaired) electrons. The number of para-hydroxylation sites is 1. The number of hydrogen-bond donors (Lipinski definition) is 1. The zero-order valence-corrected chi connectivity index (χ0v) is 13.4. The largest absolute Gasteiger partial charge is 0.321 e. The fraction of sp³-hybridized carbons (Fsp3) is 0.105. The molecule has 2 aromatic carbocycles. The minimum atomic E-state index is -0.0513. The van der Waals surface area contributed by atoms with Gasteiger partial charge in [0.25, 0.3) is 5.91 Å². The Morgan fingerprint density at radius 3 is 2.32 bits per heavy atom. The summed E-state index contributed by atoms with van der Waals surface area (Å²) in [6.07, 6.45) is 0. The fourth-order valence-corrected chi connectivity index (χ4v) is 3.26. The quantitative estimate of drug-likeness (QED) is 0.700. The number of rotatable bonds is 3. The second-order valence-corrected chi connectivity index (χ2v) is 6.47. The first-order valence-electron chi connectivity index (χ1n) is 7.18. The van der Waals surface area contributed by atoms with Crippen molar-refractivity contribution in [2.24, 2.45) is 0 Å². The molecule has 3 rings (SSSR count). The van der Waals surface area contributed by atoms with Gasteiger partial charge in [0, 0.05) is 16.1 Å². The molecule has 1 amide bonds. The normalized spacial score (nSPS) is 10.5. The van der Waals surface area contributed by atoms with Crippen molar-refractivity contribution in [2.75, 3.05) is 5.32 Å². The van der Waals surface area contributed by atoms with Crippen LogP contribution in [0.5, 0.6) is 0 Å². The monoisotopic (exact) mass is 307 g/mol. The summed E-state index contributed by atoms with van der Waals surface area (Å²) in [5.74, 6) is -0.0513. The highest BCUT2D eigenvalue weighted by molar-refractivity contribution is 7.14. The number of carbonyl (C=O) groups is 1. The number of amides is 1. The average molecular weight is 307 g/mol. The maximum atomic E-state index is 12.5. The number of nitrogens with one attached hydrogen (secondary N) is 1. The molecule has 22 heavy (non-hydrogen) atoms. The van der Waals surface area contributed by atoms with Crippen molar-refractivity contribution >= 4 is 22.9 Å². The van der Waals surface area contributed by atoms with Gasteiger partial charge in [0.2, 0.25) is 0 Å². The predicted molar refractivity (Wildman–Crippen MR) is 93.6 cm³/mol. The van der Waals surface area contributed by atoms with Gasteiger partial charge in [-0.3, -0.25) is 4.79 Å². The van der Waals surface area contributed by atoms with Crippen LogP contribution >= 0.6 is 11.3 Å². The lowest BCUT2D eigenvalue weighted by molar-refractivity contribution is 0.103. The molecule has 0 aliphatic carbocycles. The molecule has 1 aromatic heterocycles. The van der Waals surface area contributed by atoms with Gasteiger partial charge in [0.1, 0.15) is 0 Å². The average Bonchev–Trinajstić information content (AvgIpc) is 2.88. The van der Waals surface area contributed by atoms with Gasteiger partial charge >= 0.3 is 0 Å². The molecule has 0 unspecified atom stereocenters. The predicted octanol–water partition coefficient (Wildman–Crippen LogP) is 5.28. The van der Waals surface area contributed by atoms with E-state index < -0.39 is 0 Å². The Morgan fingerprint density at radius 1 is 0.955 bits per heavy atom. The van der Waals surface area contributed by atoms with E-state index in [-0.39, 0.29) is 5.91 Å². The van der Waals surface area contributed by atoms with E-state index in [1.807, 2.05) is 74.5 Å². The van der Waals surface area contributed by atoms with Gasteiger partial charge in [-0.15, -0.1) is 11.3 Å². The van der Waals surface area contributed by atoms with Gasteiger partial charge < -0.3 is 5.32 Å². The molecule has 1 heterocycles. The molecule has 0 atom stereocenters. The molecule has 3 aromatic rings. The van der Waals surface area contributed by atoms with Crippen LogP contribution in [0.1, 0.15) is 20.1 Å². The van der Waals surface area contributed by atoms with Crippen LogP contribution in [0.2, 0.25) is 0 Å². The maximum absolute atomic E-state index is 12.5. The lowest BCUT2D eigenvalue weighted by atomic mass is 10.0. The fourth-order valence-electron chi connectivity index (χ4n) is 2.33. The Hall–Kier alpha value is -2.39. The van der Waals surface area contributed by atoms with Crippen LogP contribution < -0.4 is 5.32 Å². The molecule has 110 valence electrons. The van der Waals surface area contributed by atoms with Crippen molar-refractivity contribution in [3.8, 4) is 11.1 Å². The van der Waals surface area contributed by atoms with Crippen LogP contribution in [0, 0.1) is 13.8 Å². The van der Waals surface area contributed by atoms with Crippen LogP contribution in [-0.2, 0) is 0 Å². The van der Waals surface area contributed by atoms with Crippen LogP contribution in [0.25, 0.3) is 11.1 Å². The third-order valence-corrected chi connectivity index (χ3v) is 4.80. The molecule has 0 bridgehead atoms. The minimum Gasteiger partial charge on any atom is -0.321 e. The lowest BCUT2D eigenvalue weighted by Crippen LogP contribution is -2.10. The van der Waals surface area contributed by atoms with E-state index in [2.05, 4.69) is 5.32 Å². The van der Waals surface area contributed by atoms with E-state index in [0.29, 0.717) is 0 Å². The molecule has 3 heteroatoms. The van der Waals surface area contributed by atoms with E-state index in [9.17, 15) is 4.79 Å². The molecule has 2 nitrogen and oxygen atoms in total. The Morgan fingerprint density at radius 2 is 1.64 bits per heavy atom. The molecule has 0 spiro atoms. The van der Waals surface area contributed by atoms with Crippen LogP contribution in [0.15, 0.2) is 60.7 Å². The zero-order chi connectivity index (χ0) is 15.5. The van der Waals surface area contributed by atoms with Crippen molar-refractivity contribution in [3.63, 3.8) is 0 Å². The Bertz CT molecular complexity index is 786. The molecule has 0 fully saturated rings. The van der Waals surface area contributed by atoms with Gasteiger partial charge in [-0.05, 0) is 37.1 Å². The van der Waals surface area contributed by atoms with Crippen molar-refractivity contribution in [1.29, 1.82) is 0 Å². The maximum Gasteiger partial charge on any atom is 0.265 e. The van der Waals surface area contributed by atoms with Gasteiger partial charge in [0.05, 0.1) is 4.88 Å². The van der Waals surface area contributed by atoms with Crippen LogP contribution in [-0.4, -0.2) is 5.91 Å². The first-order chi connectivity index (χ1) is 10.6. The molecule has 0 saturated heterocycles. The Balaban J connectivity index is 1.91. The van der Waals surface area contributed by atoms with E-state index >= 15 is 0 Å². The van der Waals surface area contributed by atoms with E-state index in [1.54, 1.807) is 0 Å². The molecular weight excluding hydrogens is 290 g/mol. The van der Waals surface area contributed by atoms with Gasteiger partial charge in [0.15, 0.2) is 0 Å². The van der Waals surface area contributed by atoms with Gasteiger partial charge in [-0.2, -0.15) is 0 Å². The summed E-state index contributed by atoms with van der Waals surface area (Å²) < 4.78 is 0. The first-order valence-corrected chi connectivity index (χ1v) is 7.99. The summed E-state index contributed by atoms with van der Waals surface area (Å²) >= 11 is 1.53. The third-order valence-electron chi connectivity index (χ3n) is 3.65. The summed E-state index contributed by atoms with van der Waals surface area (Å²) in [6.45, 7) is 4.06. The zero-order valence-electron chi connectivity index (χ0n) is 12.6. The second kappa shape index (κ2) is 6.16. The molecule has 1 N–H and O–H groups in total. The Labute approximate surface area is 134 Å². The van der Waals surface area contributed by atoms with Crippen LogP contribution in [0.3, 0.4) is 0 Å². The summed E-state index contributed by atoms with van der Waals surface area (Å²) in [5, 5.41) is 3.04. The standard InChI is InChI=1S/C19H17NOS/c1-13-12-18(22-14(13)2)19(21)20-17-11-7-6-10-16(17)15-8-4-3-5-9-15/h3-12H,1-2H3,(H,20,21). The molecular formula is C19H17NOS. The highest BCUT2D eigenvalue weighted by Crippen LogP contribution is 2.29. The van der Waals surface area contributed by atoms with E-state index in [1.165, 1.54) is 16.2 Å². The van der Waals surface area contributed by atoms with E-state index in [4.69, 9.17) is 0 Å². The molecule has 0 aliphatic rings. The SMILES string of the molecule is Cc1cc(C(=O)Nc2ccccc2-c2ccccc2)sc1C. The molecule has 0 saturated carbocycles. The Kier molecular flexibility index (Phi) is 4.07. The number of benzene rings is 2. The van der Waals surface area contributed by atoms with Crippen molar-refractivity contribution in [1.82, 2.24) is 0 Å². The minimum absolute atomic E-state index is 0.0513. The summed E-state index contributed by atoms with van der Waals surface area (Å²) in [4.78, 5) is 14.4. The summed E-state index contributed by atoms with van der Waals surface area (Å²) in [7, 11) is 0. The lowest BCUT2D eigenvalue weighted by Gasteiger charge is -2.10. The van der Waals surface area contributed by atoms with Crippen molar-refractivity contribution in [2.45, 2.75) is 13.8 Å².